The van der Waals surface area contributed by atoms with Crippen LogP contribution in [0.25, 0.3) is 6.08 Å². The van der Waals surface area contributed by atoms with Crippen molar-refractivity contribution in [3.8, 4) is 0 Å². The number of benzene rings is 1. The number of rotatable bonds is 2. The zero-order chi connectivity index (χ0) is 9.84. The summed E-state index contributed by atoms with van der Waals surface area (Å²) in [6.07, 6.45) is 2.81. The van der Waals surface area contributed by atoms with Crippen LogP contribution in [-0.4, -0.2) is 6.29 Å². The van der Waals surface area contributed by atoms with E-state index in [4.69, 9.17) is 0 Å². The van der Waals surface area contributed by atoms with Gasteiger partial charge < -0.3 is 0 Å². The van der Waals surface area contributed by atoms with Crippen molar-refractivity contribution < 1.29 is 13.6 Å². The lowest BCUT2D eigenvalue weighted by molar-refractivity contribution is -0.104. The van der Waals surface area contributed by atoms with Crippen molar-refractivity contribution in [2.45, 2.75) is 0 Å². The number of hydrogen-bond acceptors (Lipinski definition) is 1. The Kier molecular flexibility index (Phi) is 3.31. The molecule has 1 aromatic carbocycles. The smallest absolute Gasteiger partial charge is 0.142 e. The maximum atomic E-state index is 13.0. The zero-order valence-electron chi connectivity index (χ0n) is 6.43. The van der Waals surface area contributed by atoms with Gasteiger partial charge in [-0.05, 0) is 40.2 Å². The SMILES string of the molecule is O=CC=Cc1cc(F)c(Br)cc1F. The summed E-state index contributed by atoms with van der Waals surface area (Å²) >= 11 is 2.84. The molecule has 0 fully saturated rings. The van der Waals surface area contributed by atoms with Gasteiger partial charge in [-0.3, -0.25) is 4.79 Å². The van der Waals surface area contributed by atoms with Crippen molar-refractivity contribution in [3.05, 3.63) is 39.9 Å². The van der Waals surface area contributed by atoms with Gasteiger partial charge >= 0.3 is 0 Å². The molecule has 0 saturated carbocycles. The van der Waals surface area contributed by atoms with Crippen LogP contribution in [0.3, 0.4) is 0 Å². The molecule has 1 aromatic rings. The van der Waals surface area contributed by atoms with Crippen molar-refractivity contribution in [3.63, 3.8) is 0 Å². The molecular weight excluding hydrogens is 242 g/mol. The van der Waals surface area contributed by atoms with E-state index in [1.54, 1.807) is 0 Å². The largest absolute Gasteiger partial charge is 0.299 e. The third-order valence-electron chi connectivity index (χ3n) is 1.39. The quantitative estimate of drug-likeness (QED) is 0.446. The first-order valence-corrected chi connectivity index (χ1v) is 4.21. The molecule has 0 radical (unpaired) electrons. The number of hydrogen-bond donors (Lipinski definition) is 0. The van der Waals surface area contributed by atoms with E-state index in [0.717, 1.165) is 18.2 Å². The van der Waals surface area contributed by atoms with Crippen LogP contribution < -0.4 is 0 Å². The van der Waals surface area contributed by atoms with Crippen molar-refractivity contribution in [2.24, 2.45) is 0 Å². The Morgan fingerprint density at radius 1 is 1.23 bits per heavy atom. The van der Waals surface area contributed by atoms with Gasteiger partial charge in [-0.2, -0.15) is 0 Å². The first-order valence-electron chi connectivity index (χ1n) is 3.41. The molecule has 1 rings (SSSR count). The molecule has 0 saturated heterocycles. The van der Waals surface area contributed by atoms with Crippen molar-refractivity contribution in [2.75, 3.05) is 0 Å². The normalized spacial score (nSPS) is 10.7. The summed E-state index contributed by atoms with van der Waals surface area (Å²) in [5, 5.41) is 0. The summed E-state index contributed by atoms with van der Waals surface area (Å²) in [6.45, 7) is 0. The maximum absolute atomic E-state index is 13.0. The number of halogens is 3. The monoisotopic (exact) mass is 246 g/mol. The standard InChI is InChI=1S/C9H5BrF2O/c10-7-5-8(11)6(2-1-3-13)4-9(7)12/h1-5H. The molecule has 0 heterocycles. The number of aldehydes is 1. The van der Waals surface area contributed by atoms with Crippen LogP contribution in [0.15, 0.2) is 22.7 Å². The highest BCUT2D eigenvalue weighted by atomic mass is 79.9. The molecule has 0 aliphatic heterocycles. The summed E-state index contributed by atoms with van der Waals surface area (Å²) in [7, 11) is 0. The van der Waals surface area contributed by atoms with E-state index in [-0.39, 0.29) is 10.0 Å². The van der Waals surface area contributed by atoms with Gasteiger partial charge in [-0.1, -0.05) is 0 Å². The fraction of sp³-hybridized carbons (Fsp3) is 0. The topological polar surface area (TPSA) is 17.1 Å². The van der Waals surface area contributed by atoms with Crippen LogP contribution in [-0.2, 0) is 4.79 Å². The lowest BCUT2D eigenvalue weighted by Crippen LogP contribution is -1.86. The van der Waals surface area contributed by atoms with Crippen LogP contribution in [0.2, 0.25) is 0 Å². The summed E-state index contributed by atoms with van der Waals surface area (Å²) < 4.78 is 25.9. The lowest BCUT2D eigenvalue weighted by atomic mass is 10.2. The molecule has 0 aromatic heterocycles. The summed E-state index contributed by atoms with van der Waals surface area (Å²) in [6, 6.07) is 2.03. The minimum absolute atomic E-state index is 0.0489. The zero-order valence-corrected chi connectivity index (χ0v) is 8.01. The van der Waals surface area contributed by atoms with Gasteiger partial charge in [0.15, 0.2) is 0 Å². The highest BCUT2D eigenvalue weighted by molar-refractivity contribution is 9.10. The summed E-state index contributed by atoms with van der Waals surface area (Å²) in [5.41, 5.74) is 0.0489. The molecule has 1 nitrogen and oxygen atoms in total. The van der Waals surface area contributed by atoms with Crippen molar-refractivity contribution in [1.29, 1.82) is 0 Å². The number of carbonyl (C=O) groups excluding carboxylic acids is 1. The van der Waals surface area contributed by atoms with Crippen LogP contribution in [0.1, 0.15) is 5.56 Å². The maximum Gasteiger partial charge on any atom is 0.142 e. The second-order valence-electron chi connectivity index (χ2n) is 2.28. The molecule has 0 aliphatic carbocycles. The van der Waals surface area contributed by atoms with Crippen molar-refractivity contribution >= 4 is 28.3 Å². The number of allylic oxidation sites excluding steroid dienone is 1. The highest BCUT2D eigenvalue weighted by Crippen LogP contribution is 2.20. The van der Waals surface area contributed by atoms with Gasteiger partial charge in [-0.15, -0.1) is 0 Å². The summed E-state index contributed by atoms with van der Waals surface area (Å²) in [5.74, 6) is -1.14. The van der Waals surface area contributed by atoms with E-state index in [1.807, 2.05) is 0 Å². The fourth-order valence-electron chi connectivity index (χ4n) is 0.809. The van der Waals surface area contributed by atoms with Gasteiger partial charge in [0.1, 0.15) is 17.9 Å². The average molecular weight is 247 g/mol. The third kappa shape index (κ3) is 2.45. The average Bonchev–Trinajstić information content (AvgIpc) is 2.09. The van der Waals surface area contributed by atoms with Crippen LogP contribution >= 0.6 is 15.9 Å². The minimum Gasteiger partial charge on any atom is -0.299 e. The second-order valence-corrected chi connectivity index (χ2v) is 3.14. The lowest BCUT2D eigenvalue weighted by Gasteiger charge is -1.98. The molecule has 4 heteroatoms. The first-order chi connectivity index (χ1) is 6.15. The predicted octanol–water partition coefficient (Wildman–Crippen LogP) is 2.94. The van der Waals surface area contributed by atoms with Gasteiger partial charge in [0.25, 0.3) is 0 Å². The Morgan fingerprint density at radius 3 is 2.54 bits per heavy atom. The minimum atomic E-state index is -0.577. The Bertz CT molecular complexity index is 361. The molecule has 0 unspecified atom stereocenters. The second kappa shape index (κ2) is 4.28. The Morgan fingerprint density at radius 2 is 1.92 bits per heavy atom. The van der Waals surface area contributed by atoms with Gasteiger partial charge in [0, 0.05) is 5.56 Å². The van der Waals surface area contributed by atoms with Crippen LogP contribution in [0.5, 0.6) is 0 Å². The molecule has 0 amide bonds. The van der Waals surface area contributed by atoms with E-state index in [1.165, 1.54) is 6.08 Å². The Balaban J connectivity index is 3.15. The molecular formula is C9H5BrF2O. The fourth-order valence-corrected chi connectivity index (χ4v) is 1.12. The molecule has 0 atom stereocenters. The first kappa shape index (κ1) is 10.1. The molecule has 0 spiro atoms. The molecule has 68 valence electrons. The molecule has 0 bridgehead atoms. The van der Waals surface area contributed by atoms with Gasteiger partial charge in [0.05, 0.1) is 4.47 Å². The third-order valence-corrected chi connectivity index (χ3v) is 2.00. The molecule has 13 heavy (non-hydrogen) atoms. The van der Waals surface area contributed by atoms with E-state index in [0.29, 0.717) is 6.29 Å². The van der Waals surface area contributed by atoms with E-state index < -0.39 is 11.6 Å². The van der Waals surface area contributed by atoms with Crippen LogP contribution in [0, 0.1) is 11.6 Å². The van der Waals surface area contributed by atoms with Crippen molar-refractivity contribution in [1.82, 2.24) is 0 Å². The Hall–Kier alpha value is -1.03. The van der Waals surface area contributed by atoms with Gasteiger partial charge in [-0.25, -0.2) is 8.78 Å². The highest BCUT2D eigenvalue weighted by Gasteiger charge is 2.04. The Labute approximate surface area is 82.2 Å². The van der Waals surface area contributed by atoms with Gasteiger partial charge in [0.2, 0.25) is 0 Å². The van der Waals surface area contributed by atoms with E-state index in [2.05, 4.69) is 15.9 Å². The van der Waals surface area contributed by atoms with E-state index in [9.17, 15) is 13.6 Å². The summed E-state index contributed by atoms with van der Waals surface area (Å²) in [4.78, 5) is 9.93. The van der Waals surface area contributed by atoms with Crippen LogP contribution in [0.4, 0.5) is 8.78 Å². The predicted molar refractivity (Wildman–Crippen MR) is 49.2 cm³/mol. The molecule has 0 N–H and O–H groups in total. The van der Waals surface area contributed by atoms with E-state index >= 15 is 0 Å². The number of carbonyl (C=O) groups is 1. The molecule has 0 aliphatic rings.